The highest BCUT2D eigenvalue weighted by Crippen LogP contribution is 2.40. The number of benzene rings is 1. The molecule has 4 rings (SSSR count). The molecule has 2 aliphatic heterocycles. The number of rotatable bonds is 5. The van der Waals surface area contributed by atoms with Crippen LogP contribution in [0.15, 0.2) is 58.9 Å². The van der Waals surface area contributed by atoms with Crippen LogP contribution in [0.3, 0.4) is 0 Å². The minimum absolute atomic E-state index is 0.0299. The van der Waals surface area contributed by atoms with Gasteiger partial charge in [0.2, 0.25) is 0 Å². The number of hydrogen-bond donors (Lipinski definition) is 3. The third kappa shape index (κ3) is 6.45. The first-order valence-electron chi connectivity index (χ1n) is 12.3. The van der Waals surface area contributed by atoms with Crippen molar-refractivity contribution >= 4 is 23.5 Å². The number of halogens is 6. The number of nitrogens with two attached hydrogens (primary N) is 2. The highest BCUT2D eigenvalue weighted by atomic mass is 19.4. The molecule has 15 heteroatoms. The van der Waals surface area contributed by atoms with Crippen LogP contribution in [0.4, 0.5) is 32.2 Å². The number of ether oxygens (including phenoxy) is 1. The molecule has 0 unspecified atom stereocenters. The van der Waals surface area contributed by atoms with E-state index < -0.39 is 64.7 Å². The predicted molar refractivity (Wildman–Crippen MR) is 133 cm³/mol. The van der Waals surface area contributed by atoms with Crippen molar-refractivity contribution in [1.82, 2.24) is 4.98 Å². The molecule has 3 heterocycles. The number of aromatic nitrogens is 1. The van der Waals surface area contributed by atoms with Gasteiger partial charge in [0.15, 0.2) is 6.10 Å². The van der Waals surface area contributed by atoms with Gasteiger partial charge in [-0.2, -0.15) is 31.3 Å². The lowest BCUT2D eigenvalue weighted by Crippen LogP contribution is -2.49. The van der Waals surface area contributed by atoms with E-state index in [1.54, 1.807) is 35.2 Å². The Labute approximate surface area is 229 Å². The average Bonchev–Trinajstić information content (AvgIpc) is 2.92. The molecule has 220 valence electrons. The highest BCUT2D eigenvalue weighted by Gasteiger charge is 2.53. The number of alkyl halides is 6. The van der Waals surface area contributed by atoms with E-state index in [2.05, 4.69) is 9.98 Å². The van der Waals surface area contributed by atoms with Crippen LogP contribution >= 0.6 is 0 Å². The van der Waals surface area contributed by atoms with Crippen LogP contribution in [-0.2, 0) is 22.3 Å². The number of amidine groups is 1. The van der Waals surface area contributed by atoms with Crippen molar-refractivity contribution in [2.75, 3.05) is 18.0 Å². The number of anilines is 1. The third-order valence-electron chi connectivity index (χ3n) is 6.94. The van der Waals surface area contributed by atoms with E-state index in [1.807, 2.05) is 0 Å². The molecule has 9 nitrogen and oxygen atoms in total. The van der Waals surface area contributed by atoms with Crippen molar-refractivity contribution in [3.8, 4) is 0 Å². The zero-order valence-electron chi connectivity index (χ0n) is 21.2. The van der Waals surface area contributed by atoms with Gasteiger partial charge in [-0.3, -0.25) is 4.79 Å². The van der Waals surface area contributed by atoms with E-state index in [1.165, 1.54) is 0 Å². The lowest BCUT2D eigenvalue weighted by atomic mass is 9.82. The van der Waals surface area contributed by atoms with Crippen LogP contribution in [0.25, 0.3) is 0 Å². The first kappa shape index (κ1) is 29.8. The Morgan fingerprint density at radius 2 is 1.73 bits per heavy atom. The Morgan fingerprint density at radius 3 is 2.32 bits per heavy atom. The maximum Gasteiger partial charge on any atom is 0.418 e. The standard InChI is InChI=1S/C26H25F6N5O4/c27-25(28,29)16-11-35-17(10-15(16)24(40)41-12-13-4-2-1-3-5-13)37-8-6-14(7-9-37)20(33)18-19(26(30,31)32)21(38)23(39)36-22(18)34/h1-5,10-11,14,19,21,38H,6-9,12,33H2,(H2,34,36,39)/t19-,21-/m1/s1. The Balaban J connectivity index is 1.55. The fourth-order valence-electron chi connectivity index (χ4n) is 4.83. The predicted octanol–water partition coefficient (Wildman–Crippen LogP) is 3.32. The maximum atomic E-state index is 13.7. The van der Waals surface area contributed by atoms with E-state index in [0.29, 0.717) is 11.8 Å². The highest BCUT2D eigenvalue weighted by molar-refractivity contribution is 6.09. The minimum Gasteiger partial charge on any atom is -0.457 e. The van der Waals surface area contributed by atoms with Crippen LogP contribution in [-0.4, -0.2) is 53.2 Å². The second-order valence-corrected chi connectivity index (χ2v) is 9.58. The second kappa shape index (κ2) is 11.4. The molecule has 1 amide bonds. The normalized spacial score (nSPS) is 21.9. The van der Waals surface area contributed by atoms with E-state index in [0.717, 1.165) is 6.07 Å². The Bertz CT molecular complexity index is 1370. The number of esters is 1. The molecule has 5 N–H and O–H groups in total. The number of carbonyl (C=O) groups excluding carboxylic acids is 2. The zero-order valence-corrected chi connectivity index (χ0v) is 21.2. The van der Waals surface area contributed by atoms with Gasteiger partial charge in [0.1, 0.15) is 24.2 Å². The van der Waals surface area contributed by atoms with Gasteiger partial charge in [0, 0.05) is 36.5 Å². The van der Waals surface area contributed by atoms with Gasteiger partial charge < -0.3 is 26.2 Å². The summed E-state index contributed by atoms with van der Waals surface area (Å²) in [6.45, 7) is -0.0466. The molecule has 1 aromatic heterocycles. The molecule has 2 aliphatic rings. The number of piperidine rings is 1. The fourth-order valence-corrected chi connectivity index (χ4v) is 4.83. The summed E-state index contributed by atoms with van der Waals surface area (Å²) in [5.41, 5.74) is 9.31. The molecule has 0 saturated carbocycles. The first-order chi connectivity index (χ1) is 19.2. The average molecular weight is 586 g/mol. The molecule has 2 aromatic rings. The second-order valence-electron chi connectivity index (χ2n) is 9.58. The third-order valence-corrected chi connectivity index (χ3v) is 6.94. The number of hydrogen-bond acceptors (Lipinski definition) is 8. The van der Waals surface area contributed by atoms with Gasteiger partial charge in [-0.1, -0.05) is 30.3 Å². The van der Waals surface area contributed by atoms with E-state index in [-0.39, 0.29) is 44.1 Å². The molecule has 1 aromatic carbocycles. The first-order valence-corrected chi connectivity index (χ1v) is 12.3. The van der Waals surface area contributed by atoms with Gasteiger partial charge in [0.25, 0.3) is 5.91 Å². The molecule has 0 spiro atoms. The van der Waals surface area contributed by atoms with Gasteiger partial charge in [-0.15, -0.1) is 0 Å². The van der Waals surface area contributed by atoms with Crippen molar-refractivity contribution in [2.24, 2.45) is 28.3 Å². The molecule has 1 saturated heterocycles. The summed E-state index contributed by atoms with van der Waals surface area (Å²) in [7, 11) is 0. The fraction of sp³-hybridized carbons (Fsp3) is 0.385. The van der Waals surface area contributed by atoms with Crippen molar-refractivity contribution < 1.29 is 45.8 Å². The van der Waals surface area contributed by atoms with Gasteiger partial charge in [0.05, 0.1) is 11.1 Å². The summed E-state index contributed by atoms with van der Waals surface area (Å²) in [6.07, 6.45) is -11.6. The molecule has 0 radical (unpaired) electrons. The Kier molecular flexibility index (Phi) is 8.29. The van der Waals surface area contributed by atoms with Crippen LogP contribution in [0, 0.1) is 11.8 Å². The lowest BCUT2D eigenvalue weighted by Gasteiger charge is -2.36. The largest absolute Gasteiger partial charge is 0.457 e. The van der Waals surface area contributed by atoms with Crippen molar-refractivity contribution in [3.05, 3.63) is 70.6 Å². The van der Waals surface area contributed by atoms with Gasteiger partial charge in [-0.25, -0.2) is 9.78 Å². The molecule has 0 aliphatic carbocycles. The Morgan fingerprint density at radius 1 is 1.10 bits per heavy atom. The molecule has 2 atom stereocenters. The molecule has 41 heavy (non-hydrogen) atoms. The molecule has 1 fully saturated rings. The topological polar surface area (TPSA) is 144 Å². The quantitative estimate of drug-likeness (QED) is 0.358. The number of amides is 1. The number of nitrogens with zero attached hydrogens (tertiary/aromatic N) is 3. The van der Waals surface area contributed by atoms with Crippen LogP contribution in [0.5, 0.6) is 0 Å². The number of pyridine rings is 1. The van der Waals surface area contributed by atoms with E-state index in [9.17, 15) is 41.0 Å². The molecule has 0 bridgehead atoms. The SMILES string of the molecule is NC1=NC(=O)[C@H](O)[C@H](C(F)(F)F)C1=C(N)C1CCN(c2cc(C(=O)OCc3ccccc3)c(C(F)(F)F)cn2)CC1. The summed E-state index contributed by atoms with van der Waals surface area (Å²) in [5.74, 6) is -6.65. The van der Waals surface area contributed by atoms with Gasteiger partial charge in [-0.05, 0) is 24.5 Å². The van der Waals surface area contributed by atoms with E-state index in [4.69, 9.17) is 16.2 Å². The van der Waals surface area contributed by atoms with Gasteiger partial charge >= 0.3 is 18.3 Å². The van der Waals surface area contributed by atoms with Crippen molar-refractivity contribution in [2.45, 2.75) is 37.9 Å². The summed E-state index contributed by atoms with van der Waals surface area (Å²) in [5, 5.41) is 9.90. The van der Waals surface area contributed by atoms with Crippen molar-refractivity contribution in [1.29, 1.82) is 0 Å². The van der Waals surface area contributed by atoms with Crippen LogP contribution < -0.4 is 16.4 Å². The maximum absolute atomic E-state index is 13.7. The number of carbonyl (C=O) groups is 2. The zero-order chi connectivity index (χ0) is 30.1. The summed E-state index contributed by atoms with van der Waals surface area (Å²) in [4.78, 5) is 33.1. The minimum atomic E-state index is -5.04. The summed E-state index contributed by atoms with van der Waals surface area (Å²) >= 11 is 0. The number of allylic oxidation sites excluding steroid dienone is 1. The number of aliphatic hydroxyl groups excluding tert-OH is 1. The molecular weight excluding hydrogens is 560 g/mol. The Hall–Kier alpha value is -4.14. The summed E-state index contributed by atoms with van der Waals surface area (Å²) < 4.78 is 87.2. The van der Waals surface area contributed by atoms with Crippen LogP contribution in [0.2, 0.25) is 0 Å². The summed E-state index contributed by atoms with van der Waals surface area (Å²) in [6, 6.07) is 9.34. The number of aliphatic imine (C=N–C) groups is 1. The van der Waals surface area contributed by atoms with E-state index >= 15 is 0 Å². The smallest absolute Gasteiger partial charge is 0.418 e. The number of aliphatic hydroxyl groups is 1. The van der Waals surface area contributed by atoms with Crippen LogP contribution in [0.1, 0.15) is 34.3 Å². The molecular formula is C26H25F6N5O4. The van der Waals surface area contributed by atoms with Crippen molar-refractivity contribution in [3.63, 3.8) is 0 Å². The monoisotopic (exact) mass is 585 g/mol. The lowest BCUT2D eigenvalue weighted by molar-refractivity contribution is -0.190.